The van der Waals surface area contributed by atoms with Crippen molar-refractivity contribution < 1.29 is 9.47 Å². The summed E-state index contributed by atoms with van der Waals surface area (Å²) < 4.78 is 11.3. The molecule has 9 heteroatoms. The Hall–Kier alpha value is -3.46. The molecule has 2 aliphatic heterocycles. The van der Waals surface area contributed by atoms with E-state index < -0.39 is 0 Å². The summed E-state index contributed by atoms with van der Waals surface area (Å²) in [5.74, 6) is 3.30. The number of hydrogen-bond acceptors (Lipinski definition) is 9. The van der Waals surface area contributed by atoms with Crippen molar-refractivity contribution in [2.45, 2.75) is 0 Å². The highest BCUT2D eigenvalue weighted by Gasteiger charge is 2.23. The quantitative estimate of drug-likeness (QED) is 0.717. The van der Waals surface area contributed by atoms with Crippen molar-refractivity contribution in [3.63, 3.8) is 0 Å². The van der Waals surface area contributed by atoms with Gasteiger partial charge in [0.2, 0.25) is 5.95 Å². The molecule has 5 rings (SSSR count). The number of para-hydroxylation sites is 2. The third kappa shape index (κ3) is 3.52. The Morgan fingerprint density at radius 3 is 2.48 bits per heavy atom. The third-order valence-electron chi connectivity index (χ3n) is 4.97. The van der Waals surface area contributed by atoms with Gasteiger partial charge in [-0.1, -0.05) is 12.1 Å². The number of morpholine rings is 1. The topological polar surface area (TPSA) is 103 Å². The largest absolute Gasteiger partial charge is 0.490 e. The number of nitrogen functional groups attached to an aromatic ring is 1. The molecule has 29 heavy (non-hydrogen) atoms. The molecule has 0 aliphatic carbocycles. The van der Waals surface area contributed by atoms with Crippen LogP contribution in [-0.2, 0) is 4.74 Å². The van der Waals surface area contributed by atoms with Crippen LogP contribution in [0.15, 0.2) is 42.7 Å². The van der Waals surface area contributed by atoms with E-state index in [2.05, 4.69) is 19.8 Å². The van der Waals surface area contributed by atoms with Crippen LogP contribution in [-0.4, -0.2) is 59.4 Å². The molecule has 3 aromatic rings. The molecule has 2 aliphatic rings. The van der Waals surface area contributed by atoms with Crippen LogP contribution in [0.5, 0.6) is 5.75 Å². The second-order valence-electron chi connectivity index (χ2n) is 6.81. The zero-order chi connectivity index (χ0) is 19.6. The molecule has 148 valence electrons. The Morgan fingerprint density at radius 1 is 0.897 bits per heavy atom. The summed E-state index contributed by atoms with van der Waals surface area (Å²) in [7, 11) is 0. The smallest absolute Gasteiger partial charge is 0.219 e. The normalized spacial score (nSPS) is 16.3. The van der Waals surface area contributed by atoms with E-state index in [1.807, 2.05) is 30.3 Å². The van der Waals surface area contributed by atoms with Crippen LogP contribution in [0, 0.1) is 0 Å². The lowest BCUT2D eigenvalue weighted by Crippen LogP contribution is -2.37. The van der Waals surface area contributed by atoms with Crippen molar-refractivity contribution in [2.75, 3.05) is 55.0 Å². The fraction of sp³-hybridized carbons (Fsp3) is 0.300. The minimum atomic E-state index is 0.223. The zero-order valence-corrected chi connectivity index (χ0v) is 15.9. The minimum Gasteiger partial charge on any atom is -0.490 e. The summed E-state index contributed by atoms with van der Waals surface area (Å²) in [4.78, 5) is 22.2. The van der Waals surface area contributed by atoms with E-state index in [-0.39, 0.29) is 5.95 Å². The standard InChI is InChI=1S/C20H21N7O2/c21-20-22-12-14(13-23-20)19-24-17(26-5-8-28-9-6-26)11-18(25-19)27-7-10-29-16-4-2-1-3-15(16)27/h1-4,11-13H,5-10H2,(H2,21,22,23). The van der Waals surface area contributed by atoms with Crippen LogP contribution in [0.3, 0.4) is 0 Å². The molecule has 1 fully saturated rings. The number of anilines is 4. The van der Waals surface area contributed by atoms with Crippen LogP contribution < -0.4 is 20.3 Å². The third-order valence-corrected chi connectivity index (χ3v) is 4.97. The Balaban J connectivity index is 1.61. The molecule has 0 bridgehead atoms. The molecular weight excluding hydrogens is 370 g/mol. The highest BCUT2D eigenvalue weighted by Crippen LogP contribution is 2.37. The predicted octanol–water partition coefficient (Wildman–Crippen LogP) is 1.88. The Bertz CT molecular complexity index is 1010. The number of benzene rings is 1. The van der Waals surface area contributed by atoms with E-state index in [0.29, 0.717) is 32.2 Å². The van der Waals surface area contributed by atoms with Crippen LogP contribution in [0.4, 0.5) is 23.3 Å². The maximum Gasteiger partial charge on any atom is 0.219 e. The molecule has 0 unspecified atom stereocenters. The zero-order valence-electron chi connectivity index (χ0n) is 15.9. The van der Waals surface area contributed by atoms with Gasteiger partial charge in [-0.25, -0.2) is 19.9 Å². The van der Waals surface area contributed by atoms with E-state index in [4.69, 9.17) is 25.2 Å². The summed E-state index contributed by atoms with van der Waals surface area (Å²) in [6.45, 7) is 4.23. The molecule has 0 atom stereocenters. The van der Waals surface area contributed by atoms with Crippen molar-refractivity contribution in [2.24, 2.45) is 0 Å². The summed E-state index contributed by atoms with van der Waals surface area (Å²) >= 11 is 0. The molecule has 0 saturated carbocycles. The maximum absolute atomic E-state index is 5.80. The lowest BCUT2D eigenvalue weighted by atomic mass is 10.2. The summed E-state index contributed by atoms with van der Waals surface area (Å²) in [6.07, 6.45) is 3.30. The SMILES string of the molecule is Nc1ncc(-c2nc(N3CCOCC3)cc(N3CCOc4ccccc43)n2)cn1. The highest BCUT2D eigenvalue weighted by molar-refractivity contribution is 5.71. The molecule has 0 radical (unpaired) electrons. The first-order valence-electron chi connectivity index (χ1n) is 9.57. The van der Waals surface area contributed by atoms with Gasteiger partial charge in [-0.05, 0) is 12.1 Å². The lowest BCUT2D eigenvalue weighted by Gasteiger charge is -2.32. The number of ether oxygens (including phenoxy) is 2. The van der Waals surface area contributed by atoms with E-state index >= 15 is 0 Å². The number of nitrogens with zero attached hydrogens (tertiary/aromatic N) is 6. The molecule has 1 saturated heterocycles. The Labute approximate surface area is 168 Å². The molecule has 0 spiro atoms. The first-order chi connectivity index (χ1) is 14.3. The van der Waals surface area contributed by atoms with E-state index in [1.165, 1.54) is 0 Å². The number of hydrogen-bond donors (Lipinski definition) is 1. The van der Waals surface area contributed by atoms with E-state index in [0.717, 1.165) is 41.7 Å². The van der Waals surface area contributed by atoms with Gasteiger partial charge in [0.25, 0.3) is 0 Å². The number of rotatable bonds is 3. The van der Waals surface area contributed by atoms with Crippen LogP contribution in [0.1, 0.15) is 0 Å². The fourth-order valence-electron chi connectivity index (χ4n) is 3.50. The number of aromatic nitrogens is 4. The van der Waals surface area contributed by atoms with Gasteiger partial charge >= 0.3 is 0 Å². The van der Waals surface area contributed by atoms with Crippen molar-refractivity contribution in [1.29, 1.82) is 0 Å². The summed E-state index contributed by atoms with van der Waals surface area (Å²) in [5.41, 5.74) is 7.35. The van der Waals surface area contributed by atoms with Gasteiger partial charge in [0.05, 0.1) is 31.0 Å². The number of nitrogens with two attached hydrogens (primary N) is 1. The van der Waals surface area contributed by atoms with Crippen molar-refractivity contribution in [3.8, 4) is 17.1 Å². The van der Waals surface area contributed by atoms with Gasteiger partial charge in [-0.3, -0.25) is 0 Å². The molecule has 9 nitrogen and oxygen atoms in total. The molecule has 2 N–H and O–H groups in total. The predicted molar refractivity (Wildman–Crippen MR) is 109 cm³/mol. The second-order valence-corrected chi connectivity index (χ2v) is 6.81. The van der Waals surface area contributed by atoms with Crippen molar-refractivity contribution >= 4 is 23.3 Å². The Morgan fingerprint density at radius 2 is 1.66 bits per heavy atom. The van der Waals surface area contributed by atoms with E-state index in [1.54, 1.807) is 12.4 Å². The first-order valence-corrected chi connectivity index (χ1v) is 9.57. The average molecular weight is 391 g/mol. The van der Waals surface area contributed by atoms with Gasteiger partial charge in [0, 0.05) is 31.5 Å². The maximum atomic E-state index is 5.80. The Kier molecular flexibility index (Phi) is 4.57. The highest BCUT2D eigenvalue weighted by atomic mass is 16.5. The van der Waals surface area contributed by atoms with Gasteiger partial charge in [0.15, 0.2) is 5.82 Å². The summed E-state index contributed by atoms with van der Waals surface area (Å²) in [6, 6.07) is 10.0. The summed E-state index contributed by atoms with van der Waals surface area (Å²) in [5, 5.41) is 0. The van der Waals surface area contributed by atoms with Gasteiger partial charge in [0.1, 0.15) is 24.0 Å². The molecule has 2 aromatic heterocycles. The average Bonchev–Trinajstić information content (AvgIpc) is 2.79. The monoisotopic (exact) mass is 391 g/mol. The lowest BCUT2D eigenvalue weighted by molar-refractivity contribution is 0.122. The van der Waals surface area contributed by atoms with Gasteiger partial charge < -0.3 is 25.0 Å². The van der Waals surface area contributed by atoms with Crippen molar-refractivity contribution in [3.05, 3.63) is 42.7 Å². The van der Waals surface area contributed by atoms with Crippen LogP contribution >= 0.6 is 0 Å². The molecule has 0 amide bonds. The van der Waals surface area contributed by atoms with Gasteiger partial charge in [-0.2, -0.15) is 0 Å². The number of fused-ring (bicyclic) bond motifs is 1. The minimum absolute atomic E-state index is 0.223. The molecule has 4 heterocycles. The first kappa shape index (κ1) is 17.6. The fourth-order valence-corrected chi connectivity index (χ4v) is 3.50. The second kappa shape index (κ2) is 7.51. The van der Waals surface area contributed by atoms with Gasteiger partial charge in [-0.15, -0.1) is 0 Å². The van der Waals surface area contributed by atoms with Crippen molar-refractivity contribution in [1.82, 2.24) is 19.9 Å². The van der Waals surface area contributed by atoms with Crippen LogP contribution in [0.2, 0.25) is 0 Å². The molecule has 1 aromatic carbocycles. The van der Waals surface area contributed by atoms with E-state index in [9.17, 15) is 0 Å². The molecular formula is C20H21N7O2. The van der Waals surface area contributed by atoms with Crippen LogP contribution in [0.25, 0.3) is 11.4 Å².